The average molecular weight is 334 g/mol. The molecular weight excluding hydrogens is 304 g/mol. The van der Waals surface area contributed by atoms with E-state index in [2.05, 4.69) is 24.2 Å². The van der Waals surface area contributed by atoms with Crippen LogP contribution in [0.25, 0.3) is 0 Å². The Labute approximate surface area is 145 Å². The summed E-state index contributed by atoms with van der Waals surface area (Å²) in [6.07, 6.45) is 2.64. The Hall–Kier alpha value is -1.88. The number of carbonyl (C=O) groups excluding carboxylic acids is 1. The van der Waals surface area contributed by atoms with E-state index < -0.39 is 5.66 Å². The average Bonchev–Trinajstić information content (AvgIpc) is 2.95. The lowest BCUT2D eigenvalue weighted by molar-refractivity contribution is -0.115. The predicted octanol–water partition coefficient (Wildman–Crippen LogP) is 3.56. The highest BCUT2D eigenvalue weighted by Crippen LogP contribution is 2.26. The van der Waals surface area contributed by atoms with Crippen LogP contribution < -0.4 is 10.1 Å². The maximum atomic E-state index is 12.2. The number of amides is 1. The van der Waals surface area contributed by atoms with Gasteiger partial charge in [0.15, 0.2) is 0 Å². The SMILES string of the molecule is CC.CCCC1(CC)N=C(c2ccc(OCCOC)cc2)C(=O)N1. The molecule has 1 atom stereocenters. The molecule has 2 rings (SSSR count). The van der Waals surface area contributed by atoms with Crippen LogP contribution in [-0.2, 0) is 9.53 Å². The number of aliphatic imine (C=N–C) groups is 1. The van der Waals surface area contributed by atoms with E-state index in [1.165, 1.54) is 0 Å². The van der Waals surface area contributed by atoms with Crippen LogP contribution >= 0.6 is 0 Å². The number of nitrogens with zero attached hydrogens (tertiary/aromatic N) is 1. The summed E-state index contributed by atoms with van der Waals surface area (Å²) in [7, 11) is 1.64. The minimum atomic E-state index is -0.436. The molecule has 0 spiro atoms. The second kappa shape index (κ2) is 10.1. The van der Waals surface area contributed by atoms with Gasteiger partial charge in [0.25, 0.3) is 5.91 Å². The van der Waals surface area contributed by atoms with Gasteiger partial charge in [0.2, 0.25) is 0 Å². The lowest BCUT2D eigenvalue weighted by atomic mass is 10.0. The highest BCUT2D eigenvalue weighted by molar-refractivity contribution is 6.46. The Morgan fingerprint density at radius 1 is 1.12 bits per heavy atom. The maximum Gasteiger partial charge on any atom is 0.272 e. The molecule has 1 aliphatic heterocycles. The summed E-state index contributed by atoms with van der Waals surface area (Å²) in [4.78, 5) is 16.9. The fraction of sp³-hybridized carbons (Fsp3) is 0.579. The molecule has 1 N–H and O–H groups in total. The summed E-state index contributed by atoms with van der Waals surface area (Å²) in [5.41, 5.74) is 0.899. The number of nitrogens with one attached hydrogen (secondary N) is 1. The zero-order valence-corrected chi connectivity index (χ0v) is 15.5. The molecule has 0 aromatic heterocycles. The van der Waals surface area contributed by atoms with Crippen molar-refractivity contribution < 1.29 is 14.3 Å². The lowest BCUT2D eigenvalue weighted by Gasteiger charge is -2.23. The van der Waals surface area contributed by atoms with Crippen molar-refractivity contribution in [3.63, 3.8) is 0 Å². The summed E-state index contributed by atoms with van der Waals surface area (Å²) >= 11 is 0. The summed E-state index contributed by atoms with van der Waals surface area (Å²) in [5.74, 6) is 0.665. The van der Waals surface area contributed by atoms with Crippen LogP contribution in [-0.4, -0.2) is 37.6 Å². The van der Waals surface area contributed by atoms with Crippen LogP contribution in [0.4, 0.5) is 0 Å². The van der Waals surface area contributed by atoms with Crippen LogP contribution in [0, 0.1) is 0 Å². The smallest absolute Gasteiger partial charge is 0.272 e. The van der Waals surface area contributed by atoms with Crippen molar-refractivity contribution in [3.05, 3.63) is 29.8 Å². The van der Waals surface area contributed by atoms with Crippen LogP contribution in [0.5, 0.6) is 5.75 Å². The Morgan fingerprint density at radius 3 is 2.33 bits per heavy atom. The summed E-state index contributed by atoms with van der Waals surface area (Å²) in [6.45, 7) is 9.21. The van der Waals surface area contributed by atoms with Crippen LogP contribution in [0.1, 0.15) is 52.5 Å². The van der Waals surface area contributed by atoms with E-state index in [1.807, 2.05) is 38.1 Å². The van der Waals surface area contributed by atoms with Crippen molar-refractivity contribution in [3.8, 4) is 5.75 Å². The van der Waals surface area contributed by atoms with Gasteiger partial charge in [-0.2, -0.15) is 0 Å². The fourth-order valence-corrected chi connectivity index (χ4v) is 2.59. The zero-order valence-electron chi connectivity index (χ0n) is 15.5. The minimum Gasteiger partial charge on any atom is -0.491 e. The van der Waals surface area contributed by atoms with Crippen molar-refractivity contribution in [2.24, 2.45) is 4.99 Å². The highest BCUT2D eigenvalue weighted by Gasteiger charge is 2.37. The van der Waals surface area contributed by atoms with Gasteiger partial charge < -0.3 is 14.8 Å². The van der Waals surface area contributed by atoms with E-state index in [0.717, 1.165) is 30.6 Å². The molecule has 1 amide bonds. The zero-order chi connectivity index (χ0) is 18.0. The molecule has 0 bridgehead atoms. The topological polar surface area (TPSA) is 59.9 Å². The second-order valence-corrected chi connectivity index (χ2v) is 5.42. The number of benzene rings is 1. The minimum absolute atomic E-state index is 0.0941. The molecule has 0 fully saturated rings. The standard InChI is InChI=1S/C17H24N2O3.C2H6/c1-4-10-17(5-2)18-15(16(20)19-17)13-6-8-14(9-7-13)22-12-11-21-3;1-2/h6-9H,4-5,10-12H2,1-3H3,(H,19,20);1-2H3. The van der Waals surface area contributed by atoms with Gasteiger partial charge in [-0.25, -0.2) is 0 Å². The van der Waals surface area contributed by atoms with Crippen LogP contribution in [0.15, 0.2) is 29.3 Å². The van der Waals surface area contributed by atoms with Gasteiger partial charge in [-0.15, -0.1) is 0 Å². The monoisotopic (exact) mass is 334 g/mol. The Morgan fingerprint density at radius 2 is 1.79 bits per heavy atom. The van der Waals surface area contributed by atoms with E-state index in [9.17, 15) is 4.79 Å². The van der Waals surface area contributed by atoms with Crippen LogP contribution in [0.2, 0.25) is 0 Å². The van der Waals surface area contributed by atoms with Crippen molar-refractivity contribution in [1.82, 2.24) is 5.32 Å². The normalized spacial score (nSPS) is 19.2. The molecule has 1 heterocycles. The molecule has 1 unspecified atom stereocenters. The van der Waals surface area contributed by atoms with Gasteiger partial charge in [-0.1, -0.05) is 34.1 Å². The molecule has 0 saturated carbocycles. The summed E-state index contributed by atoms with van der Waals surface area (Å²) < 4.78 is 10.5. The molecule has 0 saturated heterocycles. The second-order valence-electron chi connectivity index (χ2n) is 5.42. The molecule has 5 nitrogen and oxygen atoms in total. The fourth-order valence-electron chi connectivity index (χ4n) is 2.59. The van der Waals surface area contributed by atoms with Gasteiger partial charge in [-0.3, -0.25) is 9.79 Å². The first kappa shape index (κ1) is 20.2. The molecule has 1 aromatic carbocycles. The van der Waals surface area contributed by atoms with Crippen molar-refractivity contribution in [1.29, 1.82) is 0 Å². The van der Waals surface area contributed by atoms with Gasteiger partial charge >= 0.3 is 0 Å². The summed E-state index contributed by atoms with van der Waals surface area (Å²) in [5, 5.41) is 3.03. The first-order valence-corrected chi connectivity index (χ1v) is 8.78. The molecular formula is C19H30N2O3. The summed E-state index contributed by atoms with van der Waals surface area (Å²) in [6, 6.07) is 7.45. The van der Waals surface area contributed by atoms with Crippen molar-refractivity contribution >= 4 is 11.6 Å². The quantitative estimate of drug-likeness (QED) is 0.739. The third-order valence-corrected chi connectivity index (χ3v) is 3.82. The van der Waals surface area contributed by atoms with Crippen molar-refractivity contribution in [2.45, 2.75) is 52.6 Å². The number of carbonyl (C=O) groups is 1. The third kappa shape index (κ3) is 5.06. The van der Waals surface area contributed by atoms with Gasteiger partial charge in [0.1, 0.15) is 23.7 Å². The van der Waals surface area contributed by atoms with E-state index >= 15 is 0 Å². The molecule has 5 heteroatoms. The third-order valence-electron chi connectivity index (χ3n) is 3.82. The van der Waals surface area contributed by atoms with Gasteiger partial charge in [0.05, 0.1) is 6.61 Å². The Balaban J connectivity index is 0.00000139. The molecule has 0 radical (unpaired) electrons. The first-order valence-electron chi connectivity index (χ1n) is 8.78. The lowest BCUT2D eigenvalue weighted by Crippen LogP contribution is -2.41. The number of ether oxygens (including phenoxy) is 2. The molecule has 0 aliphatic carbocycles. The highest BCUT2D eigenvalue weighted by atomic mass is 16.5. The number of hydrogen-bond acceptors (Lipinski definition) is 4. The van der Waals surface area contributed by atoms with Crippen LogP contribution in [0.3, 0.4) is 0 Å². The van der Waals surface area contributed by atoms with Gasteiger partial charge in [-0.05, 0) is 37.1 Å². The van der Waals surface area contributed by atoms with E-state index in [0.29, 0.717) is 18.9 Å². The van der Waals surface area contributed by atoms with Gasteiger partial charge in [0, 0.05) is 12.7 Å². The number of rotatable bonds is 8. The Bertz CT molecular complexity index is 540. The van der Waals surface area contributed by atoms with E-state index in [1.54, 1.807) is 7.11 Å². The largest absolute Gasteiger partial charge is 0.491 e. The number of hydrogen-bond donors (Lipinski definition) is 1. The van der Waals surface area contributed by atoms with E-state index in [4.69, 9.17) is 9.47 Å². The van der Waals surface area contributed by atoms with Crippen molar-refractivity contribution in [2.75, 3.05) is 20.3 Å². The maximum absolute atomic E-state index is 12.2. The Kier molecular flexibility index (Phi) is 8.47. The molecule has 24 heavy (non-hydrogen) atoms. The number of methoxy groups -OCH3 is 1. The first-order chi connectivity index (χ1) is 11.6. The predicted molar refractivity (Wildman–Crippen MR) is 97.8 cm³/mol. The molecule has 1 aromatic rings. The molecule has 134 valence electrons. The van der Waals surface area contributed by atoms with E-state index in [-0.39, 0.29) is 5.91 Å². The molecule has 1 aliphatic rings.